The molecule has 29 heavy (non-hydrogen) atoms. The van der Waals surface area contributed by atoms with Crippen molar-refractivity contribution in [3.05, 3.63) is 58.6 Å². The number of hydrogen-bond acceptors (Lipinski definition) is 3. The molecule has 154 valence electrons. The van der Waals surface area contributed by atoms with Crippen LogP contribution in [0.25, 0.3) is 0 Å². The molecule has 2 aromatic carbocycles. The van der Waals surface area contributed by atoms with Crippen LogP contribution in [0.1, 0.15) is 23.5 Å². The van der Waals surface area contributed by atoms with Gasteiger partial charge >= 0.3 is 6.18 Å². The summed E-state index contributed by atoms with van der Waals surface area (Å²) in [6.45, 7) is 2.02. The molecule has 1 aliphatic carbocycles. The van der Waals surface area contributed by atoms with Crippen molar-refractivity contribution in [3.63, 3.8) is 0 Å². The summed E-state index contributed by atoms with van der Waals surface area (Å²) in [5.41, 5.74) is 0.265. The Morgan fingerprint density at radius 3 is 2.55 bits per heavy atom. The topological polar surface area (TPSA) is 41.6 Å². The number of benzene rings is 2. The van der Waals surface area contributed by atoms with E-state index in [1.54, 1.807) is 18.2 Å². The minimum absolute atomic E-state index is 0.0642. The predicted molar refractivity (Wildman–Crippen MR) is 105 cm³/mol. The number of nitrogens with zero attached hydrogens (tertiary/aromatic N) is 1. The van der Waals surface area contributed by atoms with Gasteiger partial charge in [-0.3, -0.25) is 4.79 Å². The second-order valence-electron chi connectivity index (χ2n) is 7.29. The predicted octanol–water partition coefficient (Wildman–Crippen LogP) is 4.94. The molecule has 0 aromatic heterocycles. The van der Waals surface area contributed by atoms with E-state index in [9.17, 15) is 18.0 Å². The number of carbonyl (C=O) groups excluding carboxylic acids is 1. The monoisotopic (exact) mass is 424 g/mol. The number of amides is 1. The SMILES string of the molecule is O=C(Nc1ccc(N2CCOCC2)cc1C(F)(F)F)C1CC1c1ccccc1Cl. The average Bonchev–Trinajstić information content (AvgIpc) is 3.49. The first-order valence-electron chi connectivity index (χ1n) is 9.44. The molecule has 1 aliphatic heterocycles. The van der Waals surface area contributed by atoms with Crippen molar-refractivity contribution < 1.29 is 22.7 Å². The summed E-state index contributed by atoms with van der Waals surface area (Å²) < 4.78 is 46.2. The first-order chi connectivity index (χ1) is 13.8. The summed E-state index contributed by atoms with van der Waals surface area (Å²) in [6.07, 6.45) is -4.00. The van der Waals surface area contributed by atoms with Crippen LogP contribution in [0.2, 0.25) is 5.02 Å². The number of morpholine rings is 1. The molecule has 0 bridgehead atoms. The fraction of sp³-hybridized carbons (Fsp3) is 0.381. The van der Waals surface area contributed by atoms with Gasteiger partial charge in [0.25, 0.3) is 0 Å². The number of halogens is 4. The van der Waals surface area contributed by atoms with Gasteiger partial charge < -0.3 is 15.0 Å². The first-order valence-corrected chi connectivity index (χ1v) is 9.81. The molecule has 0 spiro atoms. The van der Waals surface area contributed by atoms with Crippen LogP contribution >= 0.6 is 11.6 Å². The minimum Gasteiger partial charge on any atom is -0.378 e. The second kappa shape index (κ2) is 7.88. The smallest absolute Gasteiger partial charge is 0.378 e. The fourth-order valence-corrected chi connectivity index (χ4v) is 4.00. The van der Waals surface area contributed by atoms with Gasteiger partial charge in [-0.2, -0.15) is 13.2 Å². The molecule has 1 N–H and O–H groups in total. The molecule has 2 aromatic rings. The van der Waals surface area contributed by atoms with Crippen LogP contribution < -0.4 is 10.2 Å². The van der Waals surface area contributed by atoms with Crippen LogP contribution in [0, 0.1) is 5.92 Å². The number of ether oxygens (including phenoxy) is 1. The van der Waals surface area contributed by atoms with Crippen molar-refractivity contribution in [1.82, 2.24) is 0 Å². The molecule has 2 unspecified atom stereocenters. The van der Waals surface area contributed by atoms with Gasteiger partial charge in [-0.25, -0.2) is 0 Å². The Morgan fingerprint density at radius 2 is 1.86 bits per heavy atom. The van der Waals surface area contributed by atoms with Crippen LogP contribution in [0.3, 0.4) is 0 Å². The standard InChI is InChI=1S/C21H20ClF3N2O2/c22-18-4-2-1-3-14(18)15-12-16(15)20(28)26-19-6-5-13(11-17(19)21(23,24)25)27-7-9-29-10-8-27/h1-6,11,15-16H,7-10,12H2,(H,26,28). The molecule has 1 saturated carbocycles. The largest absolute Gasteiger partial charge is 0.418 e. The van der Waals surface area contributed by atoms with E-state index in [4.69, 9.17) is 16.3 Å². The minimum atomic E-state index is -4.57. The van der Waals surface area contributed by atoms with Crippen molar-refractivity contribution in [2.45, 2.75) is 18.5 Å². The number of carbonyl (C=O) groups is 1. The van der Waals surface area contributed by atoms with Crippen molar-refractivity contribution in [3.8, 4) is 0 Å². The Morgan fingerprint density at radius 1 is 1.14 bits per heavy atom. The molecular formula is C21H20ClF3N2O2. The number of rotatable bonds is 4. The summed E-state index contributed by atoms with van der Waals surface area (Å²) >= 11 is 6.17. The van der Waals surface area contributed by atoms with Gasteiger partial charge in [0, 0.05) is 29.7 Å². The van der Waals surface area contributed by atoms with E-state index < -0.39 is 17.6 Å². The van der Waals surface area contributed by atoms with Crippen LogP contribution in [0.4, 0.5) is 24.5 Å². The summed E-state index contributed by atoms with van der Waals surface area (Å²) in [4.78, 5) is 14.4. The quantitative estimate of drug-likeness (QED) is 0.756. The highest BCUT2D eigenvalue weighted by Gasteiger charge is 2.45. The summed E-state index contributed by atoms with van der Waals surface area (Å²) in [6, 6.07) is 11.3. The number of alkyl halides is 3. The molecule has 2 fully saturated rings. The van der Waals surface area contributed by atoms with Crippen molar-refractivity contribution in [2.24, 2.45) is 5.92 Å². The van der Waals surface area contributed by atoms with Gasteiger partial charge in [-0.1, -0.05) is 29.8 Å². The maximum atomic E-state index is 13.6. The lowest BCUT2D eigenvalue weighted by Gasteiger charge is -2.29. The Labute approximate surface area is 171 Å². The first kappa shape index (κ1) is 20.0. The molecule has 1 saturated heterocycles. The van der Waals surface area contributed by atoms with E-state index in [1.165, 1.54) is 6.07 Å². The summed E-state index contributed by atoms with van der Waals surface area (Å²) in [5, 5.41) is 3.05. The zero-order valence-electron chi connectivity index (χ0n) is 15.5. The molecule has 4 rings (SSSR count). The molecule has 8 heteroatoms. The molecule has 1 amide bonds. The van der Waals surface area contributed by atoms with Gasteiger partial charge in [0.15, 0.2) is 0 Å². The Bertz CT molecular complexity index is 913. The Balaban J connectivity index is 1.52. The normalized spacial score (nSPS) is 21.7. The van der Waals surface area contributed by atoms with Crippen molar-refractivity contribution in [1.29, 1.82) is 0 Å². The summed E-state index contributed by atoms with van der Waals surface area (Å²) in [7, 11) is 0. The molecule has 2 atom stereocenters. The lowest BCUT2D eigenvalue weighted by Crippen LogP contribution is -2.36. The van der Waals surface area contributed by atoms with Gasteiger partial charge in [0.2, 0.25) is 5.91 Å². The van der Waals surface area contributed by atoms with E-state index in [0.29, 0.717) is 43.4 Å². The van der Waals surface area contributed by atoms with Crippen LogP contribution in [0.5, 0.6) is 0 Å². The van der Waals surface area contributed by atoms with Gasteiger partial charge in [0.1, 0.15) is 0 Å². The van der Waals surface area contributed by atoms with Gasteiger partial charge in [-0.05, 0) is 42.2 Å². The molecule has 1 heterocycles. The highest BCUT2D eigenvalue weighted by atomic mass is 35.5. The average molecular weight is 425 g/mol. The van der Waals surface area contributed by atoms with Crippen LogP contribution in [-0.4, -0.2) is 32.2 Å². The van der Waals surface area contributed by atoms with E-state index in [-0.39, 0.29) is 17.5 Å². The third-order valence-electron chi connectivity index (χ3n) is 5.37. The molecule has 2 aliphatic rings. The van der Waals surface area contributed by atoms with E-state index in [2.05, 4.69) is 5.32 Å². The molecular weight excluding hydrogens is 405 g/mol. The zero-order chi connectivity index (χ0) is 20.6. The van der Waals surface area contributed by atoms with Crippen molar-refractivity contribution >= 4 is 28.9 Å². The molecule has 0 radical (unpaired) electrons. The number of anilines is 2. The maximum absolute atomic E-state index is 13.6. The highest BCUT2D eigenvalue weighted by Crippen LogP contribution is 2.50. The molecule has 4 nitrogen and oxygen atoms in total. The van der Waals surface area contributed by atoms with E-state index in [0.717, 1.165) is 11.6 Å². The van der Waals surface area contributed by atoms with Crippen LogP contribution in [0.15, 0.2) is 42.5 Å². The Hall–Kier alpha value is -2.25. The van der Waals surface area contributed by atoms with Crippen molar-refractivity contribution in [2.75, 3.05) is 36.5 Å². The lowest BCUT2D eigenvalue weighted by atomic mass is 10.1. The van der Waals surface area contributed by atoms with Gasteiger partial charge in [-0.15, -0.1) is 0 Å². The number of nitrogens with one attached hydrogen (secondary N) is 1. The lowest BCUT2D eigenvalue weighted by molar-refractivity contribution is -0.136. The summed E-state index contributed by atoms with van der Waals surface area (Å²) in [5.74, 6) is -0.861. The van der Waals surface area contributed by atoms with E-state index in [1.807, 2.05) is 17.0 Å². The third kappa shape index (κ3) is 4.36. The third-order valence-corrected chi connectivity index (χ3v) is 5.72. The van der Waals surface area contributed by atoms with Gasteiger partial charge in [0.05, 0.1) is 24.5 Å². The fourth-order valence-electron chi connectivity index (χ4n) is 3.72. The van der Waals surface area contributed by atoms with E-state index >= 15 is 0 Å². The Kier molecular flexibility index (Phi) is 5.44. The number of hydrogen-bond donors (Lipinski definition) is 1. The highest BCUT2D eigenvalue weighted by molar-refractivity contribution is 6.31. The zero-order valence-corrected chi connectivity index (χ0v) is 16.3. The maximum Gasteiger partial charge on any atom is 0.418 e. The van der Waals surface area contributed by atoms with Crippen LogP contribution in [-0.2, 0) is 15.7 Å². The second-order valence-corrected chi connectivity index (χ2v) is 7.69.